The van der Waals surface area contributed by atoms with Crippen LogP contribution in [-0.4, -0.2) is 31.7 Å². The molecule has 0 radical (unpaired) electrons. The second kappa shape index (κ2) is 6.28. The maximum absolute atomic E-state index is 5.58. The lowest BCUT2D eigenvalue weighted by atomic mass is 10.0. The molecule has 4 heterocycles. The lowest BCUT2D eigenvalue weighted by Gasteiger charge is -2.05. The zero-order valence-electron chi connectivity index (χ0n) is 14.6. The van der Waals surface area contributed by atoms with Crippen LogP contribution in [-0.2, 0) is 6.42 Å². The van der Waals surface area contributed by atoms with Crippen LogP contribution in [0.2, 0.25) is 0 Å². The molecule has 7 nitrogen and oxygen atoms in total. The van der Waals surface area contributed by atoms with E-state index in [9.17, 15) is 0 Å². The Morgan fingerprint density at radius 3 is 2.81 bits per heavy atom. The number of nitrogens with zero attached hydrogens (tertiary/aromatic N) is 5. The molecule has 1 aliphatic rings. The summed E-state index contributed by atoms with van der Waals surface area (Å²) in [5.41, 5.74) is 5.59. The topological polar surface area (TPSA) is 86.8 Å². The Balaban J connectivity index is 1.50. The third-order valence-electron chi connectivity index (χ3n) is 4.54. The molecule has 0 spiro atoms. The van der Waals surface area contributed by atoms with E-state index in [1.165, 1.54) is 11.9 Å². The van der Waals surface area contributed by atoms with E-state index in [0.717, 1.165) is 41.0 Å². The van der Waals surface area contributed by atoms with Crippen LogP contribution in [0.1, 0.15) is 11.1 Å². The van der Waals surface area contributed by atoms with Crippen molar-refractivity contribution in [3.63, 3.8) is 0 Å². The van der Waals surface area contributed by atoms with E-state index in [2.05, 4.69) is 31.2 Å². The van der Waals surface area contributed by atoms with Gasteiger partial charge in [-0.25, -0.2) is 9.97 Å². The Bertz CT molecular complexity index is 1140. The van der Waals surface area contributed by atoms with E-state index < -0.39 is 0 Å². The smallest absolute Gasteiger partial charge is 0.259 e. The first-order chi connectivity index (χ1) is 13.3. The predicted octanol–water partition coefficient (Wildman–Crippen LogP) is 3.50. The SMILES string of the molecule is Cc1cncnc1-c1noc(-c2cncc(-c3ccc4c(c3)CCO4)c2)n1. The summed E-state index contributed by atoms with van der Waals surface area (Å²) >= 11 is 0. The van der Waals surface area contributed by atoms with Gasteiger partial charge in [0.2, 0.25) is 5.82 Å². The van der Waals surface area contributed by atoms with Gasteiger partial charge >= 0.3 is 0 Å². The van der Waals surface area contributed by atoms with Gasteiger partial charge < -0.3 is 9.26 Å². The fourth-order valence-electron chi connectivity index (χ4n) is 3.15. The largest absolute Gasteiger partial charge is 0.493 e. The normalized spacial score (nSPS) is 12.6. The lowest BCUT2D eigenvalue weighted by molar-refractivity contribution is 0.357. The number of pyridine rings is 1. The molecule has 27 heavy (non-hydrogen) atoms. The molecule has 7 heteroatoms. The molecule has 4 aromatic rings. The first kappa shape index (κ1) is 15.6. The number of rotatable bonds is 3. The van der Waals surface area contributed by atoms with Crippen molar-refractivity contribution in [3.05, 3.63) is 60.3 Å². The second-order valence-electron chi connectivity index (χ2n) is 6.36. The second-order valence-corrected chi connectivity index (χ2v) is 6.36. The number of fused-ring (bicyclic) bond motifs is 1. The summed E-state index contributed by atoms with van der Waals surface area (Å²) in [6, 6.07) is 8.18. The summed E-state index contributed by atoms with van der Waals surface area (Å²) in [5.74, 6) is 1.80. The van der Waals surface area contributed by atoms with Gasteiger partial charge in [0, 0.05) is 30.6 Å². The Morgan fingerprint density at radius 1 is 0.963 bits per heavy atom. The highest BCUT2D eigenvalue weighted by Crippen LogP contribution is 2.32. The minimum absolute atomic E-state index is 0.404. The molecule has 0 amide bonds. The zero-order valence-corrected chi connectivity index (χ0v) is 14.6. The van der Waals surface area contributed by atoms with Crippen LogP contribution in [0, 0.1) is 6.92 Å². The van der Waals surface area contributed by atoms with Gasteiger partial charge in [-0.05, 0) is 41.8 Å². The molecule has 0 unspecified atom stereocenters. The first-order valence-corrected chi connectivity index (χ1v) is 8.60. The summed E-state index contributed by atoms with van der Waals surface area (Å²) in [6.07, 6.45) is 7.66. The van der Waals surface area contributed by atoms with Gasteiger partial charge in [0.05, 0.1) is 12.2 Å². The van der Waals surface area contributed by atoms with Crippen LogP contribution in [0.25, 0.3) is 34.1 Å². The Morgan fingerprint density at radius 2 is 1.89 bits per heavy atom. The predicted molar refractivity (Wildman–Crippen MR) is 97.9 cm³/mol. The van der Waals surface area contributed by atoms with Gasteiger partial charge in [0.15, 0.2) is 0 Å². The molecule has 132 valence electrons. The summed E-state index contributed by atoms with van der Waals surface area (Å²) in [6.45, 7) is 2.65. The lowest BCUT2D eigenvalue weighted by Crippen LogP contribution is -1.91. The van der Waals surface area contributed by atoms with E-state index in [1.54, 1.807) is 12.4 Å². The van der Waals surface area contributed by atoms with Gasteiger partial charge in [0.1, 0.15) is 17.8 Å². The van der Waals surface area contributed by atoms with Crippen LogP contribution in [0.15, 0.2) is 53.7 Å². The van der Waals surface area contributed by atoms with E-state index >= 15 is 0 Å². The number of aromatic nitrogens is 5. The van der Waals surface area contributed by atoms with Crippen molar-refractivity contribution in [2.75, 3.05) is 6.61 Å². The summed E-state index contributed by atoms with van der Waals surface area (Å²) in [7, 11) is 0. The molecule has 0 saturated carbocycles. The fraction of sp³-hybridized carbons (Fsp3) is 0.150. The molecule has 1 aliphatic heterocycles. The average molecular weight is 357 g/mol. The highest BCUT2D eigenvalue weighted by Gasteiger charge is 2.16. The quantitative estimate of drug-likeness (QED) is 0.554. The van der Waals surface area contributed by atoms with Crippen molar-refractivity contribution in [1.82, 2.24) is 25.1 Å². The van der Waals surface area contributed by atoms with Gasteiger partial charge in [-0.3, -0.25) is 4.98 Å². The molecule has 1 aromatic carbocycles. The maximum atomic E-state index is 5.58. The van der Waals surface area contributed by atoms with Crippen molar-refractivity contribution in [2.45, 2.75) is 13.3 Å². The van der Waals surface area contributed by atoms with Crippen molar-refractivity contribution in [3.8, 4) is 39.8 Å². The van der Waals surface area contributed by atoms with Crippen LogP contribution < -0.4 is 4.74 Å². The van der Waals surface area contributed by atoms with Crippen molar-refractivity contribution in [2.24, 2.45) is 0 Å². The van der Waals surface area contributed by atoms with Crippen molar-refractivity contribution in [1.29, 1.82) is 0 Å². The zero-order chi connectivity index (χ0) is 18.2. The molecular weight excluding hydrogens is 342 g/mol. The highest BCUT2D eigenvalue weighted by atomic mass is 16.5. The Hall–Kier alpha value is -3.61. The van der Waals surface area contributed by atoms with Crippen LogP contribution in [0.3, 0.4) is 0 Å². The van der Waals surface area contributed by atoms with Gasteiger partial charge in [-0.1, -0.05) is 11.2 Å². The van der Waals surface area contributed by atoms with Crippen molar-refractivity contribution < 1.29 is 9.26 Å². The Kier molecular flexibility index (Phi) is 3.64. The number of aryl methyl sites for hydroxylation is 1. The molecule has 0 aliphatic carbocycles. The standard InChI is InChI=1S/C20H15N5O2/c1-12-8-22-11-23-18(12)19-24-20(27-25-19)16-7-15(9-21-10-16)13-2-3-17-14(6-13)4-5-26-17/h2-3,6-11H,4-5H2,1H3. The van der Waals surface area contributed by atoms with Gasteiger partial charge in [-0.15, -0.1) is 0 Å². The monoisotopic (exact) mass is 357 g/mol. The molecule has 3 aromatic heterocycles. The highest BCUT2D eigenvalue weighted by molar-refractivity contribution is 5.70. The number of ether oxygens (including phenoxy) is 1. The van der Waals surface area contributed by atoms with E-state index in [1.807, 2.05) is 31.3 Å². The fourth-order valence-corrected chi connectivity index (χ4v) is 3.15. The summed E-state index contributed by atoms with van der Waals surface area (Å²) in [5, 5.41) is 4.05. The maximum Gasteiger partial charge on any atom is 0.259 e. The molecule has 5 rings (SSSR count). The van der Waals surface area contributed by atoms with Crippen LogP contribution in [0.4, 0.5) is 0 Å². The number of benzene rings is 1. The number of hydrogen-bond acceptors (Lipinski definition) is 7. The summed E-state index contributed by atoms with van der Waals surface area (Å²) < 4.78 is 11.0. The minimum atomic E-state index is 0.404. The van der Waals surface area contributed by atoms with Gasteiger partial charge in [-0.2, -0.15) is 4.98 Å². The first-order valence-electron chi connectivity index (χ1n) is 8.60. The number of hydrogen-bond donors (Lipinski definition) is 0. The van der Waals surface area contributed by atoms with E-state index in [-0.39, 0.29) is 0 Å². The average Bonchev–Trinajstić information content (AvgIpc) is 3.37. The summed E-state index contributed by atoms with van der Waals surface area (Å²) in [4.78, 5) is 17.0. The molecule has 0 N–H and O–H groups in total. The molecule has 0 fully saturated rings. The molecule has 0 saturated heterocycles. The van der Waals surface area contributed by atoms with Gasteiger partial charge in [0.25, 0.3) is 5.89 Å². The third kappa shape index (κ3) is 2.83. The molecule has 0 atom stereocenters. The van der Waals surface area contributed by atoms with Crippen LogP contribution >= 0.6 is 0 Å². The third-order valence-corrected chi connectivity index (χ3v) is 4.54. The van der Waals surface area contributed by atoms with Crippen LogP contribution in [0.5, 0.6) is 5.75 Å². The molecule has 0 bridgehead atoms. The van der Waals surface area contributed by atoms with Crippen molar-refractivity contribution >= 4 is 0 Å². The minimum Gasteiger partial charge on any atom is -0.493 e. The van der Waals surface area contributed by atoms with E-state index in [4.69, 9.17) is 9.26 Å². The molecular formula is C20H15N5O2. The van der Waals surface area contributed by atoms with E-state index in [0.29, 0.717) is 17.4 Å². The Labute approximate surface area is 155 Å².